The number of carbonyl (C=O) groups is 2. The van der Waals surface area contributed by atoms with Crippen LogP contribution < -0.4 is 20.3 Å². The van der Waals surface area contributed by atoms with Gasteiger partial charge in [0, 0.05) is 30.0 Å². The number of hydrogen-bond donors (Lipinski definition) is 2. The van der Waals surface area contributed by atoms with Gasteiger partial charge in [-0.2, -0.15) is 0 Å². The summed E-state index contributed by atoms with van der Waals surface area (Å²) in [6, 6.07) is 20.7. The summed E-state index contributed by atoms with van der Waals surface area (Å²) >= 11 is 0. The van der Waals surface area contributed by atoms with E-state index in [9.17, 15) is 9.59 Å². The first kappa shape index (κ1) is 21.4. The number of aryl methyl sites for hydroxylation is 1. The molecule has 1 aliphatic heterocycles. The van der Waals surface area contributed by atoms with Crippen LogP contribution in [-0.4, -0.2) is 25.6 Å². The molecule has 0 bridgehead atoms. The van der Waals surface area contributed by atoms with Crippen LogP contribution in [0.5, 0.6) is 5.75 Å². The van der Waals surface area contributed by atoms with Crippen molar-refractivity contribution in [3.63, 3.8) is 0 Å². The molecule has 0 unspecified atom stereocenters. The molecule has 0 aromatic heterocycles. The molecule has 1 heterocycles. The van der Waals surface area contributed by atoms with Gasteiger partial charge in [-0.05, 0) is 72.0 Å². The molecule has 4 rings (SSSR count). The van der Waals surface area contributed by atoms with E-state index in [-0.39, 0.29) is 11.9 Å². The van der Waals surface area contributed by atoms with Gasteiger partial charge in [0.05, 0.1) is 7.11 Å². The van der Waals surface area contributed by atoms with Crippen molar-refractivity contribution in [1.29, 1.82) is 0 Å². The molecular weight excluding hydrogens is 402 g/mol. The topological polar surface area (TPSA) is 70.7 Å². The van der Waals surface area contributed by atoms with E-state index in [1.54, 1.807) is 36.3 Å². The second kappa shape index (κ2) is 9.56. The monoisotopic (exact) mass is 429 g/mol. The molecule has 2 N–H and O–H groups in total. The SMILES string of the molecule is CCc1ccc(NC(=O)NCc2ccc3c(c2)N(C(=O)c2ccc(OC)cc2)CC3)cc1. The summed E-state index contributed by atoms with van der Waals surface area (Å²) in [5, 5.41) is 5.74. The smallest absolute Gasteiger partial charge is 0.319 e. The molecular formula is C26H27N3O3. The van der Waals surface area contributed by atoms with E-state index in [1.807, 2.05) is 42.5 Å². The van der Waals surface area contributed by atoms with E-state index < -0.39 is 0 Å². The maximum Gasteiger partial charge on any atom is 0.319 e. The zero-order chi connectivity index (χ0) is 22.5. The average Bonchev–Trinajstić information content (AvgIpc) is 3.26. The Labute approximate surface area is 188 Å². The number of methoxy groups -OCH3 is 1. The maximum absolute atomic E-state index is 13.0. The summed E-state index contributed by atoms with van der Waals surface area (Å²) in [5.41, 5.74) is 5.58. The number of rotatable bonds is 6. The lowest BCUT2D eigenvalue weighted by atomic mass is 10.1. The molecule has 164 valence electrons. The summed E-state index contributed by atoms with van der Waals surface area (Å²) in [7, 11) is 1.60. The van der Waals surface area contributed by atoms with Crippen molar-refractivity contribution in [2.75, 3.05) is 23.9 Å². The summed E-state index contributed by atoms with van der Waals surface area (Å²) < 4.78 is 5.18. The van der Waals surface area contributed by atoms with Crippen LogP contribution in [0.15, 0.2) is 66.7 Å². The van der Waals surface area contributed by atoms with Crippen molar-refractivity contribution in [1.82, 2.24) is 5.32 Å². The lowest BCUT2D eigenvalue weighted by Crippen LogP contribution is -2.29. The Hall–Kier alpha value is -3.80. The quantitative estimate of drug-likeness (QED) is 0.592. The van der Waals surface area contributed by atoms with Gasteiger partial charge in [-0.1, -0.05) is 31.2 Å². The lowest BCUT2D eigenvalue weighted by Gasteiger charge is -2.18. The number of hydrogen-bond acceptors (Lipinski definition) is 3. The number of carbonyl (C=O) groups excluding carboxylic acids is 2. The first-order chi connectivity index (χ1) is 15.6. The number of ether oxygens (including phenoxy) is 1. The predicted octanol–water partition coefficient (Wildman–Crippen LogP) is 4.78. The Morgan fingerprint density at radius 3 is 2.38 bits per heavy atom. The van der Waals surface area contributed by atoms with Gasteiger partial charge in [-0.25, -0.2) is 4.79 Å². The molecule has 6 heteroatoms. The molecule has 3 amide bonds. The predicted molar refractivity (Wildman–Crippen MR) is 126 cm³/mol. The number of amides is 3. The van der Waals surface area contributed by atoms with Gasteiger partial charge in [0.1, 0.15) is 5.75 Å². The Morgan fingerprint density at radius 1 is 0.969 bits per heavy atom. The third kappa shape index (κ3) is 4.75. The second-order valence-corrected chi connectivity index (χ2v) is 7.76. The minimum absolute atomic E-state index is 0.0372. The van der Waals surface area contributed by atoms with Crippen LogP contribution in [0.25, 0.3) is 0 Å². The average molecular weight is 430 g/mol. The highest BCUT2D eigenvalue weighted by molar-refractivity contribution is 6.07. The fraction of sp³-hybridized carbons (Fsp3) is 0.231. The molecule has 3 aromatic carbocycles. The Bertz CT molecular complexity index is 1110. The summed E-state index contributed by atoms with van der Waals surface area (Å²) in [5.74, 6) is 0.682. The standard InChI is InChI=1S/C26H27N3O3/c1-3-18-5-10-22(11-6-18)28-26(31)27-17-19-4-7-20-14-15-29(24(20)16-19)25(30)21-8-12-23(32-2)13-9-21/h4-13,16H,3,14-15,17H2,1-2H3,(H2,27,28,31). The number of nitrogens with zero attached hydrogens (tertiary/aromatic N) is 1. The highest BCUT2D eigenvalue weighted by atomic mass is 16.5. The van der Waals surface area contributed by atoms with E-state index in [0.29, 0.717) is 18.7 Å². The van der Waals surface area contributed by atoms with E-state index >= 15 is 0 Å². The Kier molecular flexibility index (Phi) is 6.40. The van der Waals surface area contributed by atoms with Crippen molar-refractivity contribution in [2.45, 2.75) is 26.3 Å². The van der Waals surface area contributed by atoms with Crippen LogP contribution >= 0.6 is 0 Å². The van der Waals surface area contributed by atoms with E-state index in [1.165, 1.54) is 5.56 Å². The first-order valence-corrected chi connectivity index (χ1v) is 10.8. The zero-order valence-electron chi connectivity index (χ0n) is 18.4. The fourth-order valence-electron chi connectivity index (χ4n) is 3.82. The number of urea groups is 1. The van der Waals surface area contributed by atoms with Gasteiger partial charge < -0.3 is 20.3 Å². The maximum atomic E-state index is 13.0. The van der Waals surface area contributed by atoms with Crippen molar-refractivity contribution in [2.24, 2.45) is 0 Å². The van der Waals surface area contributed by atoms with Gasteiger partial charge in [0.25, 0.3) is 5.91 Å². The number of benzene rings is 3. The summed E-state index contributed by atoms with van der Waals surface area (Å²) in [6.45, 7) is 3.11. The van der Waals surface area contributed by atoms with Crippen molar-refractivity contribution in [3.05, 3.63) is 89.0 Å². The van der Waals surface area contributed by atoms with E-state index in [0.717, 1.165) is 41.1 Å². The van der Waals surface area contributed by atoms with Gasteiger partial charge >= 0.3 is 6.03 Å². The van der Waals surface area contributed by atoms with Crippen LogP contribution in [0.2, 0.25) is 0 Å². The third-order valence-corrected chi connectivity index (χ3v) is 5.70. The molecule has 32 heavy (non-hydrogen) atoms. The van der Waals surface area contributed by atoms with Crippen LogP contribution in [0.1, 0.15) is 34.0 Å². The van der Waals surface area contributed by atoms with Gasteiger partial charge in [0.15, 0.2) is 0 Å². The summed E-state index contributed by atoms with van der Waals surface area (Å²) in [4.78, 5) is 27.1. The number of nitrogens with one attached hydrogen (secondary N) is 2. The number of anilines is 2. The third-order valence-electron chi connectivity index (χ3n) is 5.70. The highest BCUT2D eigenvalue weighted by Crippen LogP contribution is 2.30. The molecule has 0 radical (unpaired) electrons. The highest BCUT2D eigenvalue weighted by Gasteiger charge is 2.25. The van der Waals surface area contributed by atoms with Crippen molar-refractivity contribution in [3.8, 4) is 5.75 Å². The summed E-state index contributed by atoms with van der Waals surface area (Å²) in [6.07, 6.45) is 1.78. The molecule has 0 saturated heterocycles. The van der Waals surface area contributed by atoms with Gasteiger partial charge in [0.2, 0.25) is 0 Å². The molecule has 3 aromatic rings. The minimum Gasteiger partial charge on any atom is -0.497 e. The van der Waals surface area contributed by atoms with E-state index in [2.05, 4.69) is 17.6 Å². The Morgan fingerprint density at radius 2 is 1.69 bits per heavy atom. The van der Waals surface area contributed by atoms with Crippen molar-refractivity contribution >= 4 is 23.3 Å². The molecule has 0 spiro atoms. The molecule has 0 aliphatic carbocycles. The normalized spacial score (nSPS) is 12.2. The minimum atomic E-state index is -0.263. The van der Waals surface area contributed by atoms with Crippen LogP contribution in [0, 0.1) is 0 Å². The molecule has 6 nitrogen and oxygen atoms in total. The first-order valence-electron chi connectivity index (χ1n) is 10.8. The van der Waals surface area contributed by atoms with Crippen LogP contribution in [-0.2, 0) is 19.4 Å². The fourth-order valence-corrected chi connectivity index (χ4v) is 3.82. The lowest BCUT2D eigenvalue weighted by molar-refractivity contribution is 0.0989. The van der Waals surface area contributed by atoms with Gasteiger partial charge in [-0.3, -0.25) is 4.79 Å². The largest absolute Gasteiger partial charge is 0.497 e. The molecule has 0 fully saturated rings. The van der Waals surface area contributed by atoms with E-state index in [4.69, 9.17) is 4.74 Å². The van der Waals surface area contributed by atoms with Crippen molar-refractivity contribution < 1.29 is 14.3 Å². The molecule has 0 saturated carbocycles. The number of fused-ring (bicyclic) bond motifs is 1. The molecule has 1 aliphatic rings. The van der Waals surface area contributed by atoms with Gasteiger partial charge in [-0.15, -0.1) is 0 Å². The Balaban J connectivity index is 1.40. The zero-order valence-corrected chi connectivity index (χ0v) is 18.4. The molecule has 0 atom stereocenters. The van der Waals surface area contributed by atoms with Crippen LogP contribution in [0.3, 0.4) is 0 Å². The van der Waals surface area contributed by atoms with Crippen LogP contribution in [0.4, 0.5) is 16.2 Å². The second-order valence-electron chi connectivity index (χ2n) is 7.76.